The summed E-state index contributed by atoms with van der Waals surface area (Å²) in [4.78, 5) is 40.8. The Morgan fingerprint density at radius 3 is 2.00 bits per heavy atom. The summed E-state index contributed by atoms with van der Waals surface area (Å²) in [6.07, 6.45) is 2.05. The predicted octanol–water partition coefficient (Wildman–Crippen LogP) is 5.62. The van der Waals surface area contributed by atoms with Crippen molar-refractivity contribution in [3.05, 3.63) is 50.8 Å². The molecular weight excluding hydrogens is 498 g/mol. The topological polar surface area (TPSA) is 83.9 Å². The number of rotatable bonds is 5. The molecule has 1 aliphatic heterocycles. The molecule has 2 aliphatic carbocycles. The van der Waals surface area contributed by atoms with Crippen LogP contribution in [0, 0.1) is 10.8 Å². The normalized spacial score (nSPS) is 22.0. The number of carbonyl (C=O) groups excluding carboxylic acids is 2. The smallest absolute Gasteiger partial charge is 0.305 e. The van der Waals surface area contributed by atoms with Crippen molar-refractivity contribution >= 4 is 33.5 Å². The fourth-order valence-electron chi connectivity index (χ4n) is 5.72. The zero-order chi connectivity index (χ0) is 25.0. The molecule has 0 saturated carbocycles. The molecule has 7 heteroatoms. The highest BCUT2D eigenvalue weighted by Gasteiger charge is 2.49. The lowest BCUT2D eigenvalue weighted by Crippen LogP contribution is -2.45. The number of carboxylic acid groups (broad SMARTS) is 1. The predicted molar refractivity (Wildman–Crippen MR) is 132 cm³/mol. The molecule has 0 radical (unpaired) electrons. The summed E-state index contributed by atoms with van der Waals surface area (Å²) < 4.78 is 6.16. The van der Waals surface area contributed by atoms with E-state index in [1.165, 1.54) is 0 Å². The third-order valence-electron chi connectivity index (χ3n) is 7.08. The molecule has 1 heterocycles. The number of hydrogen-bond acceptors (Lipinski definition) is 5. The van der Waals surface area contributed by atoms with Crippen LogP contribution < -0.4 is 4.74 Å². The molecule has 0 saturated heterocycles. The van der Waals surface area contributed by atoms with Gasteiger partial charge in [-0.05, 0) is 57.3 Å². The Hall–Kier alpha value is -2.41. The van der Waals surface area contributed by atoms with E-state index < -0.39 is 11.9 Å². The molecule has 0 unspecified atom stereocenters. The molecule has 0 bridgehead atoms. The summed E-state index contributed by atoms with van der Waals surface area (Å²) in [6.45, 7) is 8.54. The van der Waals surface area contributed by atoms with Crippen molar-refractivity contribution < 1.29 is 24.2 Å². The molecule has 0 spiro atoms. The number of nitrogens with zero attached hydrogens (tertiary/aromatic N) is 1. The van der Waals surface area contributed by atoms with Crippen LogP contribution in [-0.4, -0.2) is 41.2 Å². The zero-order valence-corrected chi connectivity index (χ0v) is 22.0. The lowest BCUT2D eigenvalue weighted by atomic mass is 9.63. The van der Waals surface area contributed by atoms with Crippen LogP contribution in [0.25, 0.3) is 0 Å². The fraction of sp³-hybridized carbons (Fsp3) is 0.519. The van der Waals surface area contributed by atoms with Crippen LogP contribution >= 0.6 is 15.9 Å². The first-order chi connectivity index (χ1) is 15.8. The van der Waals surface area contributed by atoms with E-state index in [1.807, 2.05) is 23.1 Å². The summed E-state index contributed by atoms with van der Waals surface area (Å²) in [5, 5.41) is 9.45. The highest BCUT2D eigenvalue weighted by atomic mass is 79.9. The SMILES string of the molecule is COc1ccc(C2C3=C(CC(C)(C)CC3=O)N(CCC(=O)O)C3=C2C(=O)CC(C)(C)C3)cc1Br. The molecule has 6 nitrogen and oxygen atoms in total. The van der Waals surface area contributed by atoms with Gasteiger partial charge >= 0.3 is 5.97 Å². The maximum Gasteiger partial charge on any atom is 0.305 e. The van der Waals surface area contributed by atoms with Gasteiger partial charge in [0.25, 0.3) is 0 Å². The van der Waals surface area contributed by atoms with Crippen molar-refractivity contribution in [2.24, 2.45) is 10.8 Å². The molecule has 4 rings (SSSR count). The molecule has 1 aromatic carbocycles. The second-order valence-corrected chi connectivity index (χ2v) is 12.1. The first-order valence-electron chi connectivity index (χ1n) is 11.7. The van der Waals surface area contributed by atoms with Gasteiger partial charge in [0.05, 0.1) is 18.0 Å². The van der Waals surface area contributed by atoms with Gasteiger partial charge < -0.3 is 14.7 Å². The van der Waals surface area contributed by atoms with Crippen molar-refractivity contribution in [3.63, 3.8) is 0 Å². The van der Waals surface area contributed by atoms with E-state index in [2.05, 4.69) is 43.6 Å². The molecule has 0 aromatic heterocycles. The van der Waals surface area contributed by atoms with Gasteiger partial charge in [-0.15, -0.1) is 0 Å². The van der Waals surface area contributed by atoms with Crippen LogP contribution in [0.1, 0.15) is 71.3 Å². The molecule has 0 atom stereocenters. The minimum absolute atomic E-state index is 0.0349. The highest BCUT2D eigenvalue weighted by Crippen LogP contribution is 2.54. The summed E-state index contributed by atoms with van der Waals surface area (Å²) in [7, 11) is 1.60. The number of carbonyl (C=O) groups is 3. The second-order valence-electron chi connectivity index (χ2n) is 11.2. The number of allylic oxidation sites excluding steroid dienone is 4. The van der Waals surface area contributed by atoms with Gasteiger partial charge in [0.15, 0.2) is 11.6 Å². The van der Waals surface area contributed by atoms with E-state index in [4.69, 9.17) is 4.74 Å². The number of hydrogen-bond donors (Lipinski definition) is 1. The molecule has 182 valence electrons. The Morgan fingerprint density at radius 2 is 1.56 bits per heavy atom. The molecule has 0 amide bonds. The van der Waals surface area contributed by atoms with Gasteiger partial charge in [-0.3, -0.25) is 14.4 Å². The molecule has 34 heavy (non-hydrogen) atoms. The Bertz CT molecular complexity index is 1090. The standard InChI is InChI=1S/C27H32BrNO5/c1-26(2)11-17-24(19(30)13-26)23(15-6-7-21(34-5)16(28)10-15)25-18(29(17)9-8-22(32)33)12-27(3,4)14-20(25)31/h6-7,10,23H,8-9,11-14H2,1-5H3,(H,32,33). The Labute approximate surface area is 209 Å². The van der Waals surface area contributed by atoms with Crippen LogP contribution in [0.3, 0.4) is 0 Å². The van der Waals surface area contributed by atoms with E-state index in [0.717, 1.165) is 21.4 Å². The van der Waals surface area contributed by atoms with Gasteiger partial charge in [-0.1, -0.05) is 33.8 Å². The fourth-order valence-corrected chi connectivity index (χ4v) is 6.28. The van der Waals surface area contributed by atoms with Crippen LogP contribution in [0.4, 0.5) is 0 Å². The van der Waals surface area contributed by atoms with Crippen molar-refractivity contribution in [3.8, 4) is 5.75 Å². The Balaban J connectivity index is 1.98. The van der Waals surface area contributed by atoms with E-state index in [0.29, 0.717) is 42.6 Å². The number of aliphatic carboxylic acids is 1. The number of ketones is 2. The molecular formula is C27H32BrNO5. The Kier molecular flexibility index (Phi) is 6.30. The first-order valence-corrected chi connectivity index (χ1v) is 12.5. The van der Waals surface area contributed by atoms with Crippen molar-refractivity contribution in [1.82, 2.24) is 4.90 Å². The minimum Gasteiger partial charge on any atom is -0.496 e. The molecule has 0 fully saturated rings. The van der Waals surface area contributed by atoms with E-state index in [9.17, 15) is 19.5 Å². The van der Waals surface area contributed by atoms with Gasteiger partial charge in [-0.25, -0.2) is 0 Å². The lowest BCUT2D eigenvalue weighted by molar-refractivity contribution is -0.137. The minimum atomic E-state index is -0.895. The third kappa shape index (κ3) is 4.47. The molecule has 1 N–H and O–H groups in total. The van der Waals surface area contributed by atoms with E-state index in [-0.39, 0.29) is 35.4 Å². The second kappa shape index (κ2) is 8.67. The number of methoxy groups -OCH3 is 1. The van der Waals surface area contributed by atoms with Gasteiger partial charge in [0.1, 0.15) is 5.75 Å². The molecule has 1 aromatic rings. The number of carboxylic acids is 1. The zero-order valence-electron chi connectivity index (χ0n) is 20.5. The summed E-state index contributed by atoms with van der Waals surface area (Å²) in [5.74, 6) is -0.604. The van der Waals surface area contributed by atoms with Gasteiger partial charge in [-0.2, -0.15) is 0 Å². The quantitative estimate of drug-likeness (QED) is 0.532. The summed E-state index contributed by atoms with van der Waals surface area (Å²) in [6, 6.07) is 5.72. The third-order valence-corrected chi connectivity index (χ3v) is 7.70. The van der Waals surface area contributed by atoms with Crippen molar-refractivity contribution in [2.45, 2.75) is 65.7 Å². The van der Waals surface area contributed by atoms with Crippen LogP contribution in [0.5, 0.6) is 5.75 Å². The molecule has 3 aliphatic rings. The van der Waals surface area contributed by atoms with Crippen LogP contribution in [-0.2, 0) is 14.4 Å². The van der Waals surface area contributed by atoms with Crippen LogP contribution in [0.2, 0.25) is 0 Å². The van der Waals surface area contributed by atoms with Gasteiger partial charge in [0, 0.05) is 47.8 Å². The van der Waals surface area contributed by atoms with Crippen LogP contribution in [0.15, 0.2) is 45.2 Å². The average molecular weight is 530 g/mol. The summed E-state index contributed by atoms with van der Waals surface area (Å²) in [5.41, 5.74) is 3.44. The Morgan fingerprint density at radius 1 is 1.03 bits per heavy atom. The maximum absolute atomic E-state index is 13.7. The number of halogens is 1. The summed E-state index contributed by atoms with van der Waals surface area (Å²) >= 11 is 3.57. The monoisotopic (exact) mass is 529 g/mol. The number of benzene rings is 1. The maximum atomic E-state index is 13.7. The van der Waals surface area contributed by atoms with E-state index >= 15 is 0 Å². The lowest BCUT2D eigenvalue weighted by Gasteiger charge is -2.49. The average Bonchev–Trinajstić information content (AvgIpc) is 2.69. The van der Waals surface area contributed by atoms with E-state index in [1.54, 1.807) is 7.11 Å². The highest BCUT2D eigenvalue weighted by molar-refractivity contribution is 9.10. The number of ether oxygens (including phenoxy) is 1. The van der Waals surface area contributed by atoms with Crippen molar-refractivity contribution in [1.29, 1.82) is 0 Å². The number of Topliss-reactive ketones (excluding diaryl/α,β-unsaturated/α-hetero) is 2. The first kappa shape index (κ1) is 24.7. The van der Waals surface area contributed by atoms with Gasteiger partial charge in [0.2, 0.25) is 0 Å². The van der Waals surface area contributed by atoms with Crippen molar-refractivity contribution in [2.75, 3.05) is 13.7 Å². The largest absolute Gasteiger partial charge is 0.496 e.